The van der Waals surface area contributed by atoms with Gasteiger partial charge in [0.15, 0.2) is 0 Å². The maximum atomic E-state index is 5.33. The Labute approximate surface area is 63.5 Å². The molecule has 0 spiro atoms. The summed E-state index contributed by atoms with van der Waals surface area (Å²) >= 11 is 0. The van der Waals surface area contributed by atoms with Crippen LogP contribution in [0, 0.1) is 0 Å². The van der Waals surface area contributed by atoms with Gasteiger partial charge >= 0.3 is 0 Å². The van der Waals surface area contributed by atoms with Gasteiger partial charge in [-0.2, -0.15) is 0 Å². The zero-order chi connectivity index (χ0) is 7.82. The highest BCUT2D eigenvalue weighted by atomic mass is 14.7. The molecule has 0 aromatic rings. The quantitative estimate of drug-likeness (QED) is 0.459. The molecule has 0 atom stereocenters. The first-order valence-corrected chi connectivity index (χ1v) is 3.95. The molecule has 0 aliphatic carbocycles. The van der Waals surface area contributed by atoms with Crippen LogP contribution in [-0.4, -0.2) is 18.8 Å². The van der Waals surface area contributed by atoms with E-state index in [1.54, 1.807) is 0 Å². The van der Waals surface area contributed by atoms with E-state index in [0.717, 1.165) is 19.5 Å². The van der Waals surface area contributed by atoms with Gasteiger partial charge in [0.05, 0.1) is 0 Å². The van der Waals surface area contributed by atoms with E-state index in [9.17, 15) is 0 Å². The Morgan fingerprint density at radius 3 is 2.40 bits per heavy atom. The molecule has 0 unspecified atom stereocenters. The van der Waals surface area contributed by atoms with Gasteiger partial charge in [-0.3, -0.25) is 4.99 Å². The van der Waals surface area contributed by atoms with Crippen LogP contribution < -0.4 is 5.73 Å². The topological polar surface area (TPSA) is 38.4 Å². The zero-order valence-electron chi connectivity index (χ0n) is 7.06. The Hall–Kier alpha value is -0.370. The van der Waals surface area contributed by atoms with Crippen LogP contribution in [0.5, 0.6) is 0 Å². The molecule has 60 valence electrons. The van der Waals surface area contributed by atoms with Gasteiger partial charge in [-0.1, -0.05) is 6.42 Å². The Balaban J connectivity index is 2.98. The van der Waals surface area contributed by atoms with Gasteiger partial charge in [0.25, 0.3) is 0 Å². The molecule has 0 amide bonds. The number of nitrogens with zero attached hydrogens (tertiary/aromatic N) is 1. The minimum absolute atomic E-state index is 0.814. The zero-order valence-corrected chi connectivity index (χ0v) is 7.06. The van der Waals surface area contributed by atoms with E-state index in [-0.39, 0.29) is 0 Å². The number of hydrogen-bond donors (Lipinski definition) is 1. The average Bonchev–Trinajstić information content (AvgIpc) is 1.87. The minimum Gasteiger partial charge on any atom is -0.330 e. The molecule has 2 nitrogen and oxygen atoms in total. The van der Waals surface area contributed by atoms with Crippen LogP contribution >= 0.6 is 0 Å². The molecule has 0 aliphatic heterocycles. The fourth-order valence-electron chi connectivity index (χ4n) is 0.736. The molecule has 0 fully saturated rings. The molecule has 0 aromatic heterocycles. The Bertz CT molecular complexity index is 93.4. The monoisotopic (exact) mass is 142 g/mol. The van der Waals surface area contributed by atoms with Crippen LogP contribution in [0.1, 0.15) is 33.1 Å². The lowest BCUT2D eigenvalue weighted by atomic mass is 10.2. The number of unbranched alkanes of at least 4 members (excludes halogenated alkanes) is 2. The highest BCUT2D eigenvalue weighted by molar-refractivity contribution is 5.78. The summed E-state index contributed by atoms with van der Waals surface area (Å²) in [6.45, 7) is 5.85. The summed E-state index contributed by atoms with van der Waals surface area (Å²) in [7, 11) is 0. The summed E-state index contributed by atoms with van der Waals surface area (Å²) < 4.78 is 0. The van der Waals surface area contributed by atoms with E-state index in [2.05, 4.69) is 4.99 Å². The first-order chi connectivity index (χ1) is 4.77. The highest BCUT2D eigenvalue weighted by Gasteiger charge is 1.84. The van der Waals surface area contributed by atoms with Crippen LogP contribution in [0.25, 0.3) is 0 Å². The SMILES string of the molecule is CC(C)=NCCCCCN. The number of aliphatic imine (C=N–C) groups is 1. The van der Waals surface area contributed by atoms with Crippen molar-refractivity contribution in [3.8, 4) is 0 Å². The molecular weight excluding hydrogens is 124 g/mol. The fraction of sp³-hybridized carbons (Fsp3) is 0.875. The summed E-state index contributed by atoms with van der Waals surface area (Å²) in [6, 6.07) is 0. The maximum absolute atomic E-state index is 5.33. The molecule has 0 aromatic carbocycles. The molecule has 0 radical (unpaired) electrons. The molecular formula is C8H18N2. The first kappa shape index (κ1) is 9.63. The highest BCUT2D eigenvalue weighted by Crippen LogP contribution is 1.93. The van der Waals surface area contributed by atoms with Gasteiger partial charge in [-0.15, -0.1) is 0 Å². The summed E-state index contributed by atoms with van der Waals surface area (Å²) in [5.41, 5.74) is 6.51. The first-order valence-electron chi connectivity index (χ1n) is 3.95. The predicted molar refractivity (Wildman–Crippen MR) is 46.6 cm³/mol. The van der Waals surface area contributed by atoms with Gasteiger partial charge in [0, 0.05) is 12.3 Å². The van der Waals surface area contributed by atoms with Gasteiger partial charge in [0.2, 0.25) is 0 Å². The Morgan fingerprint density at radius 1 is 1.20 bits per heavy atom. The van der Waals surface area contributed by atoms with Gasteiger partial charge in [0.1, 0.15) is 0 Å². The van der Waals surface area contributed by atoms with E-state index in [1.807, 2.05) is 13.8 Å². The third-order valence-corrected chi connectivity index (χ3v) is 1.29. The van der Waals surface area contributed by atoms with E-state index in [0.29, 0.717) is 0 Å². The standard InChI is InChI=1S/C8H18N2/c1-8(2)10-7-5-3-4-6-9/h3-7,9H2,1-2H3. The van der Waals surface area contributed by atoms with Gasteiger partial charge in [-0.25, -0.2) is 0 Å². The fourth-order valence-corrected chi connectivity index (χ4v) is 0.736. The second-order valence-electron chi connectivity index (χ2n) is 2.68. The van der Waals surface area contributed by atoms with Crippen molar-refractivity contribution in [2.45, 2.75) is 33.1 Å². The van der Waals surface area contributed by atoms with Crippen molar-refractivity contribution in [1.29, 1.82) is 0 Å². The van der Waals surface area contributed by atoms with Crippen molar-refractivity contribution in [1.82, 2.24) is 0 Å². The summed E-state index contributed by atoms with van der Waals surface area (Å²) in [5, 5.41) is 0. The molecule has 0 heterocycles. The lowest BCUT2D eigenvalue weighted by Gasteiger charge is -1.94. The molecule has 2 N–H and O–H groups in total. The predicted octanol–water partition coefficient (Wildman–Crippen LogP) is 1.60. The molecule has 0 bridgehead atoms. The van der Waals surface area contributed by atoms with E-state index >= 15 is 0 Å². The van der Waals surface area contributed by atoms with Crippen LogP contribution in [0.3, 0.4) is 0 Å². The lowest BCUT2D eigenvalue weighted by Crippen LogP contribution is -1.98. The molecule has 2 heteroatoms. The van der Waals surface area contributed by atoms with Crippen LogP contribution in [-0.2, 0) is 0 Å². The Morgan fingerprint density at radius 2 is 1.90 bits per heavy atom. The van der Waals surface area contributed by atoms with Crippen molar-refractivity contribution in [3.05, 3.63) is 0 Å². The number of nitrogens with two attached hydrogens (primary N) is 1. The third kappa shape index (κ3) is 7.63. The third-order valence-electron chi connectivity index (χ3n) is 1.29. The summed E-state index contributed by atoms with van der Waals surface area (Å²) in [5.74, 6) is 0. The van der Waals surface area contributed by atoms with Gasteiger partial charge < -0.3 is 5.73 Å². The van der Waals surface area contributed by atoms with Crippen LogP contribution in [0.2, 0.25) is 0 Å². The second-order valence-corrected chi connectivity index (χ2v) is 2.68. The van der Waals surface area contributed by atoms with Crippen molar-refractivity contribution in [2.75, 3.05) is 13.1 Å². The van der Waals surface area contributed by atoms with Crippen molar-refractivity contribution in [3.63, 3.8) is 0 Å². The lowest BCUT2D eigenvalue weighted by molar-refractivity contribution is 0.695. The molecule has 0 aliphatic rings. The molecule has 0 saturated heterocycles. The average molecular weight is 142 g/mol. The summed E-state index contributed by atoms with van der Waals surface area (Å²) in [4.78, 5) is 4.27. The molecule has 0 rings (SSSR count). The van der Waals surface area contributed by atoms with E-state index in [4.69, 9.17) is 5.73 Å². The second kappa shape index (κ2) is 6.75. The Kier molecular flexibility index (Phi) is 6.50. The van der Waals surface area contributed by atoms with E-state index < -0.39 is 0 Å². The number of hydrogen-bond acceptors (Lipinski definition) is 2. The van der Waals surface area contributed by atoms with Crippen molar-refractivity contribution >= 4 is 5.71 Å². The van der Waals surface area contributed by atoms with Crippen molar-refractivity contribution in [2.24, 2.45) is 10.7 Å². The smallest absolute Gasteiger partial charge is 0.0388 e. The van der Waals surface area contributed by atoms with Crippen LogP contribution in [0.15, 0.2) is 4.99 Å². The number of rotatable bonds is 5. The normalized spacial score (nSPS) is 9.50. The van der Waals surface area contributed by atoms with Crippen LogP contribution in [0.4, 0.5) is 0 Å². The van der Waals surface area contributed by atoms with Gasteiger partial charge in [-0.05, 0) is 33.2 Å². The minimum atomic E-state index is 0.814. The summed E-state index contributed by atoms with van der Waals surface area (Å²) in [6.07, 6.45) is 3.54. The largest absolute Gasteiger partial charge is 0.330 e. The molecule has 10 heavy (non-hydrogen) atoms. The molecule has 0 saturated carbocycles. The van der Waals surface area contributed by atoms with E-state index in [1.165, 1.54) is 18.6 Å². The maximum Gasteiger partial charge on any atom is 0.0388 e. The van der Waals surface area contributed by atoms with Crippen molar-refractivity contribution < 1.29 is 0 Å².